The van der Waals surface area contributed by atoms with E-state index in [2.05, 4.69) is 26.5 Å². The van der Waals surface area contributed by atoms with E-state index in [0.29, 0.717) is 6.42 Å². The fourth-order valence-electron chi connectivity index (χ4n) is 5.81. The summed E-state index contributed by atoms with van der Waals surface area (Å²) in [6.07, 6.45) is -0.00835. The number of ether oxygens (including phenoxy) is 1. The number of hydrogen-bond donors (Lipinski definition) is 5. The molecule has 0 spiro atoms. The molecule has 0 saturated carbocycles. The van der Waals surface area contributed by atoms with Crippen molar-refractivity contribution in [1.82, 2.24) is 21.4 Å². The summed E-state index contributed by atoms with van der Waals surface area (Å²) in [5.74, 6) is -2.30. The van der Waals surface area contributed by atoms with E-state index in [0.717, 1.165) is 33.4 Å². The lowest BCUT2D eigenvalue weighted by Gasteiger charge is -2.22. The van der Waals surface area contributed by atoms with Crippen molar-refractivity contribution in [3.05, 3.63) is 131 Å². The van der Waals surface area contributed by atoms with Crippen molar-refractivity contribution in [3.63, 3.8) is 0 Å². The van der Waals surface area contributed by atoms with Gasteiger partial charge in [0.05, 0.1) is 12.1 Å². The van der Waals surface area contributed by atoms with Gasteiger partial charge in [-0.15, -0.1) is 0 Å². The van der Waals surface area contributed by atoms with Gasteiger partial charge in [-0.2, -0.15) is 5.10 Å². The number of hydrogen-bond acceptors (Lipinski definition) is 6. The molecule has 0 saturated heterocycles. The Morgan fingerprint density at radius 1 is 0.771 bits per heavy atom. The summed E-state index contributed by atoms with van der Waals surface area (Å²) in [7, 11) is 0. The highest BCUT2D eigenvalue weighted by molar-refractivity contribution is 6.41. The molecular formula is C37H37N5O6. The van der Waals surface area contributed by atoms with Gasteiger partial charge in [0.2, 0.25) is 0 Å². The minimum atomic E-state index is -1.27. The SMILES string of the molecule is CCC[C@H](NC(=O)OCC1c2ccccc2-c2ccccc21)C(=NNC(=O)NC(c1ccccc1)c1ccccc1)C(=O)NCC(=O)O. The van der Waals surface area contributed by atoms with E-state index in [1.165, 1.54) is 0 Å². The molecule has 0 unspecified atom stereocenters. The largest absolute Gasteiger partial charge is 0.480 e. The summed E-state index contributed by atoms with van der Waals surface area (Å²) < 4.78 is 5.69. The summed E-state index contributed by atoms with van der Waals surface area (Å²) >= 11 is 0. The lowest BCUT2D eigenvalue weighted by molar-refractivity contribution is -0.137. The molecule has 1 atom stereocenters. The first-order valence-corrected chi connectivity index (χ1v) is 15.7. The van der Waals surface area contributed by atoms with Crippen LogP contribution < -0.4 is 21.4 Å². The molecule has 0 fully saturated rings. The molecule has 0 radical (unpaired) electrons. The number of nitrogens with zero attached hydrogens (tertiary/aromatic N) is 1. The normalized spacial score (nSPS) is 12.8. The Morgan fingerprint density at radius 2 is 1.31 bits per heavy atom. The van der Waals surface area contributed by atoms with Crippen LogP contribution in [0.5, 0.6) is 0 Å². The first kappa shape index (κ1) is 33.4. The van der Waals surface area contributed by atoms with Crippen LogP contribution in [0.25, 0.3) is 11.1 Å². The number of amides is 4. The molecule has 0 heterocycles. The number of nitrogens with one attached hydrogen (secondary N) is 4. The first-order chi connectivity index (χ1) is 23.4. The van der Waals surface area contributed by atoms with Crippen LogP contribution in [0, 0.1) is 0 Å². The number of carboxylic acid groups (broad SMARTS) is 1. The van der Waals surface area contributed by atoms with Crippen molar-refractivity contribution >= 4 is 29.7 Å². The van der Waals surface area contributed by atoms with Crippen LogP contribution in [0.3, 0.4) is 0 Å². The Balaban J connectivity index is 1.32. The topological polar surface area (TPSA) is 158 Å². The fourth-order valence-corrected chi connectivity index (χ4v) is 5.81. The van der Waals surface area contributed by atoms with Crippen LogP contribution in [-0.2, 0) is 14.3 Å². The maximum absolute atomic E-state index is 13.2. The second-order valence-electron chi connectivity index (χ2n) is 11.2. The molecule has 0 aliphatic heterocycles. The zero-order chi connectivity index (χ0) is 33.9. The van der Waals surface area contributed by atoms with E-state index < -0.39 is 42.6 Å². The highest BCUT2D eigenvalue weighted by atomic mass is 16.5. The number of fused-ring (bicyclic) bond motifs is 3. The standard InChI is InChI=1S/C37H37N5O6/c1-2-13-31(39-37(47)48-23-30-28-20-11-9-18-26(28)27-19-10-12-21-29(27)30)34(35(45)38-22-32(43)44)41-42-36(46)40-33(24-14-5-3-6-15-24)25-16-7-4-8-17-25/h3-12,14-21,30-31,33H,2,13,22-23H2,1H3,(H,38,45)(H,39,47)(H,43,44)(H2,40,42,46)/t31-/m0/s1. The summed E-state index contributed by atoms with van der Waals surface area (Å²) in [5, 5.41) is 21.1. The molecule has 5 N–H and O–H groups in total. The number of rotatable bonds is 13. The van der Waals surface area contributed by atoms with Crippen LogP contribution in [0.1, 0.15) is 54.0 Å². The van der Waals surface area contributed by atoms with Gasteiger partial charge in [-0.1, -0.05) is 123 Å². The molecule has 0 aromatic heterocycles. The number of alkyl carbamates (subject to hydrolysis) is 1. The smallest absolute Gasteiger partial charge is 0.407 e. The summed E-state index contributed by atoms with van der Waals surface area (Å²) in [5.41, 5.74) is 8.00. The maximum atomic E-state index is 13.2. The maximum Gasteiger partial charge on any atom is 0.407 e. The van der Waals surface area contributed by atoms with Crippen molar-refractivity contribution < 1.29 is 29.0 Å². The zero-order valence-corrected chi connectivity index (χ0v) is 26.4. The van der Waals surface area contributed by atoms with Gasteiger partial charge in [-0.25, -0.2) is 15.0 Å². The molecule has 11 nitrogen and oxygen atoms in total. The highest BCUT2D eigenvalue weighted by Gasteiger charge is 2.30. The Kier molecular flexibility index (Phi) is 11.2. The average Bonchev–Trinajstić information content (AvgIpc) is 3.43. The van der Waals surface area contributed by atoms with E-state index in [-0.39, 0.29) is 24.7 Å². The number of aliphatic carboxylic acids is 1. The Hall–Kier alpha value is -5.97. The molecule has 5 rings (SSSR count). The van der Waals surface area contributed by atoms with Gasteiger partial charge in [0.25, 0.3) is 5.91 Å². The van der Waals surface area contributed by atoms with E-state index in [1.54, 1.807) is 0 Å². The number of carboxylic acids is 1. The average molecular weight is 648 g/mol. The van der Waals surface area contributed by atoms with E-state index in [1.807, 2.05) is 116 Å². The van der Waals surface area contributed by atoms with E-state index >= 15 is 0 Å². The van der Waals surface area contributed by atoms with Crippen LogP contribution in [0.2, 0.25) is 0 Å². The van der Waals surface area contributed by atoms with Crippen molar-refractivity contribution in [2.75, 3.05) is 13.2 Å². The zero-order valence-electron chi connectivity index (χ0n) is 26.4. The Bertz CT molecular complexity index is 1690. The predicted molar refractivity (Wildman–Crippen MR) is 181 cm³/mol. The van der Waals surface area contributed by atoms with Gasteiger partial charge in [0.15, 0.2) is 0 Å². The van der Waals surface area contributed by atoms with Crippen molar-refractivity contribution in [3.8, 4) is 11.1 Å². The number of carbonyl (C=O) groups excluding carboxylic acids is 3. The third-order valence-electron chi connectivity index (χ3n) is 8.00. The van der Waals surface area contributed by atoms with Crippen LogP contribution in [0.15, 0.2) is 114 Å². The van der Waals surface area contributed by atoms with Gasteiger partial charge in [-0.3, -0.25) is 9.59 Å². The molecule has 0 bridgehead atoms. The lowest BCUT2D eigenvalue weighted by atomic mass is 9.98. The predicted octanol–water partition coefficient (Wildman–Crippen LogP) is 5.34. The number of urea groups is 1. The van der Waals surface area contributed by atoms with E-state index in [4.69, 9.17) is 9.84 Å². The molecule has 246 valence electrons. The molecule has 4 aromatic carbocycles. The van der Waals surface area contributed by atoms with Crippen LogP contribution in [-0.4, -0.2) is 54.0 Å². The number of carbonyl (C=O) groups is 4. The van der Waals surface area contributed by atoms with Crippen molar-refractivity contribution in [2.24, 2.45) is 5.10 Å². The monoisotopic (exact) mass is 647 g/mol. The van der Waals surface area contributed by atoms with Crippen LogP contribution >= 0.6 is 0 Å². The lowest BCUT2D eigenvalue weighted by Crippen LogP contribution is -2.50. The molecule has 11 heteroatoms. The fraction of sp³-hybridized carbons (Fsp3) is 0.216. The number of benzene rings is 4. The summed E-state index contributed by atoms with van der Waals surface area (Å²) in [6.45, 7) is 1.22. The molecule has 1 aliphatic carbocycles. The molecule has 1 aliphatic rings. The van der Waals surface area contributed by atoms with Gasteiger partial charge in [0.1, 0.15) is 18.9 Å². The minimum Gasteiger partial charge on any atom is -0.480 e. The first-order valence-electron chi connectivity index (χ1n) is 15.7. The van der Waals surface area contributed by atoms with Gasteiger partial charge in [0, 0.05) is 5.92 Å². The van der Waals surface area contributed by atoms with Crippen LogP contribution in [0.4, 0.5) is 9.59 Å². The van der Waals surface area contributed by atoms with Crippen molar-refractivity contribution in [1.29, 1.82) is 0 Å². The highest BCUT2D eigenvalue weighted by Crippen LogP contribution is 2.44. The van der Waals surface area contributed by atoms with E-state index in [9.17, 15) is 19.2 Å². The van der Waals surface area contributed by atoms with Gasteiger partial charge < -0.3 is 25.8 Å². The molecule has 48 heavy (non-hydrogen) atoms. The third-order valence-corrected chi connectivity index (χ3v) is 8.00. The summed E-state index contributed by atoms with van der Waals surface area (Å²) in [6, 6.07) is 32.4. The Labute approximate surface area is 278 Å². The third kappa shape index (κ3) is 8.24. The minimum absolute atomic E-state index is 0.0530. The van der Waals surface area contributed by atoms with Gasteiger partial charge >= 0.3 is 18.1 Å². The quantitative estimate of drug-likeness (QED) is 0.0974. The molecule has 4 amide bonds. The second-order valence-corrected chi connectivity index (χ2v) is 11.2. The summed E-state index contributed by atoms with van der Waals surface area (Å²) in [4.78, 5) is 50.8. The Morgan fingerprint density at radius 3 is 1.85 bits per heavy atom. The number of hydrazone groups is 1. The molecular weight excluding hydrogens is 610 g/mol. The van der Waals surface area contributed by atoms with Crippen molar-refractivity contribution in [2.45, 2.75) is 37.8 Å². The second kappa shape index (κ2) is 16.0. The van der Waals surface area contributed by atoms with Gasteiger partial charge in [-0.05, 0) is 39.8 Å². The molecule has 4 aromatic rings.